The van der Waals surface area contributed by atoms with E-state index in [4.69, 9.17) is 4.74 Å². The van der Waals surface area contributed by atoms with Crippen molar-refractivity contribution in [3.05, 3.63) is 60.8 Å². The zero-order chi connectivity index (χ0) is 23.8. The molecule has 172 valence electrons. The third-order valence-corrected chi connectivity index (χ3v) is 5.75. The Kier molecular flexibility index (Phi) is 5.67. The second kappa shape index (κ2) is 8.80. The first-order valence-electron chi connectivity index (χ1n) is 10.0. The smallest absolute Gasteiger partial charge is 0.343 e. The molecular weight excluding hydrogens is 464 g/mol. The molecule has 0 aliphatic heterocycles. The van der Waals surface area contributed by atoms with E-state index in [1.165, 1.54) is 18.8 Å². The number of hydrogen-bond acceptors (Lipinski definition) is 8. The van der Waals surface area contributed by atoms with Gasteiger partial charge in [0.1, 0.15) is 41.4 Å². The predicted molar refractivity (Wildman–Crippen MR) is 123 cm³/mol. The van der Waals surface area contributed by atoms with Crippen molar-refractivity contribution >= 4 is 44.7 Å². The first kappa shape index (κ1) is 21.9. The molecule has 0 saturated heterocycles. The van der Waals surface area contributed by atoms with Crippen molar-refractivity contribution < 1.29 is 18.1 Å². The molecule has 1 atom stereocenters. The second-order valence-corrected chi connectivity index (χ2v) is 8.62. The van der Waals surface area contributed by atoms with Crippen molar-refractivity contribution in [2.75, 3.05) is 11.6 Å². The van der Waals surface area contributed by atoms with E-state index in [1.807, 2.05) is 13.0 Å². The SMILES string of the molecule is Cc1cc(Nc2ncnc3cnc([S+](C)[O-])nc23)ccc1Oc1ccc2c(c1)ncn2C(F)F. The summed E-state index contributed by atoms with van der Waals surface area (Å²) in [5.41, 5.74) is 3.28. The van der Waals surface area contributed by atoms with Crippen molar-refractivity contribution in [3.8, 4) is 11.5 Å². The van der Waals surface area contributed by atoms with Gasteiger partial charge in [0.15, 0.2) is 5.82 Å². The molecule has 9 nitrogen and oxygen atoms in total. The highest BCUT2D eigenvalue weighted by Gasteiger charge is 2.15. The van der Waals surface area contributed by atoms with Crippen LogP contribution in [0, 0.1) is 6.92 Å². The van der Waals surface area contributed by atoms with Crippen LogP contribution in [0.5, 0.6) is 11.5 Å². The van der Waals surface area contributed by atoms with Crippen LogP contribution in [0.2, 0.25) is 0 Å². The normalized spacial score (nSPS) is 12.4. The third kappa shape index (κ3) is 4.20. The maximum atomic E-state index is 13.0. The first-order chi connectivity index (χ1) is 16.4. The fourth-order valence-corrected chi connectivity index (χ4v) is 3.82. The van der Waals surface area contributed by atoms with E-state index in [0.29, 0.717) is 39.4 Å². The van der Waals surface area contributed by atoms with Gasteiger partial charge in [-0.3, -0.25) is 4.57 Å². The molecule has 0 bridgehead atoms. The number of nitrogens with zero attached hydrogens (tertiary/aromatic N) is 6. The molecule has 0 saturated carbocycles. The van der Waals surface area contributed by atoms with Gasteiger partial charge in [0.05, 0.1) is 17.2 Å². The van der Waals surface area contributed by atoms with Crippen molar-refractivity contribution in [2.45, 2.75) is 18.6 Å². The van der Waals surface area contributed by atoms with E-state index in [-0.39, 0.29) is 5.16 Å². The highest BCUT2D eigenvalue weighted by Crippen LogP contribution is 2.31. The molecule has 0 amide bonds. The predicted octanol–water partition coefficient (Wildman–Crippen LogP) is 4.75. The number of halogens is 2. The van der Waals surface area contributed by atoms with Gasteiger partial charge in [0, 0.05) is 22.9 Å². The Morgan fingerprint density at radius 2 is 1.91 bits per heavy atom. The zero-order valence-electron chi connectivity index (χ0n) is 17.9. The summed E-state index contributed by atoms with van der Waals surface area (Å²) in [5, 5.41) is 3.40. The maximum Gasteiger partial charge on any atom is 0.343 e. The number of imidazole rings is 1. The number of fused-ring (bicyclic) bond motifs is 2. The third-order valence-electron chi connectivity index (χ3n) is 5.03. The van der Waals surface area contributed by atoms with Crippen LogP contribution < -0.4 is 10.1 Å². The van der Waals surface area contributed by atoms with Crippen LogP contribution in [0.15, 0.2) is 60.4 Å². The molecule has 5 aromatic rings. The number of rotatable bonds is 6. The lowest BCUT2D eigenvalue weighted by molar-refractivity contribution is 0.0746. The van der Waals surface area contributed by atoms with Gasteiger partial charge in [0.25, 0.3) is 0 Å². The Bertz CT molecular complexity index is 1510. The van der Waals surface area contributed by atoms with Gasteiger partial charge in [-0.2, -0.15) is 18.7 Å². The van der Waals surface area contributed by atoms with Crippen molar-refractivity contribution in [1.29, 1.82) is 0 Å². The lowest BCUT2D eigenvalue weighted by Crippen LogP contribution is -2.06. The molecule has 34 heavy (non-hydrogen) atoms. The molecule has 5 rings (SSSR count). The van der Waals surface area contributed by atoms with E-state index >= 15 is 0 Å². The van der Waals surface area contributed by atoms with Crippen molar-refractivity contribution in [3.63, 3.8) is 0 Å². The van der Waals surface area contributed by atoms with Crippen molar-refractivity contribution in [1.82, 2.24) is 29.5 Å². The van der Waals surface area contributed by atoms with E-state index in [0.717, 1.165) is 22.1 Å². The topological polar surface area (TPSA) is 114 Å². The lowest BCUT2D eigenvalue weighted by atomic mass is 10.2. The summed E-state index contributed by atoms with van der Waals surface area (Å²) in [6.45, 7) is -0.781. The standard InChI is InChI=1S/C22H17F2N7O2S/c1-12-7-13(29-20-19-16(26-10-27-20)9-25-22(30-19)34(2)32)3-6-18(12)33-14-4-5-17-15(8-14)28-11-31(17)21(23)24/h3-11,21H,1-2H3,(H,26,27,29). The van der Waals surface area contributed by atoms with Crippen LogP contribution in [0.1, 0.15) is 12.1 Å². The summed E-state index contributed by atoms with van der Waals surface area (Å²) in [6.07, 6.45) is 5.51. The highest BCUT2D eigenvalue weighted by atomic mass is 32.2. The largest absolute Gasteiger partial charge is 0.609 e. The van der Waals surface area contributed by atoms with Crippen molar-refractivity contribution in [2.24, 2.45) is 0 Å². The van der Waals surface area contributed by atoms with E-state index in [1.54, 1.807) is 30.3 Å². The summed E-state index contributed by atoms with van der Waals surface area (Å²) >= 11 is -1.34. The van der Waals surface area contributed by atoms with Gasteiger partial charge >= 0.3 is 11.7 Å². The Labute approximate surface area is 195 Å². The fraction of sp³-hybridized carbons (Fsp3) is 0.136. The first-order valence-corrected chi connectivity index (χ1v) is 11.6. The van der Waals surface area contributed by atoms with Crippen LogP contribution in [0.3, 0.4) is 0 Å². The van der Waals surface area contributed by atoms with Crippen LogP contribution in [0.25, 0.3) is 22.1 Å². The van der Waals surface area contributed by atoms with Gasteiger partial charge in [0.2, 0.25) is 0 Å². The maximum absolute atomic E-state index is 13.0. The average molecular weight is 481 g/mol. The summed E-state index contributed by atoms with van der Waals surface area (Å²) in [6, 6.07) is 10.2. The summed E-state index contributed by atoms with van der Waals surface area (Å²) in [5.74, 6) is 1.53. The Morgan fingerprint density at radius 1 is 1.06 bits per heavy atom. The molecule has 0 aliphatic rings. The number of aromatic nitrogens is 6. The number of alkyl halides is 2. The van der Waals surface area contributed by atoms with Gasteiger partial charge in [-0.1, -0.05) is 0 Å². The Hall–Kier alpha value is -3.90. The summed E-state index contributed by atoms with van der Waals surface area (Å²) < 4.78 is 44.6. The molecule has 1 unspecified atom stereocenters. The number of anilines is 2. The highest BCUT2D eigenvalue weighted by molar-refractivity contribution is 7.90. The van der Waals surface area contributed by atoms with E-state index in [9.17, 15) is 13.3 Å². The molecule has 1 N–H and O–H groups in total. The van der Waals surface area contributed by atoms with Gasteiger partial charge in [-0.15, -0.1) is 0 Å². The Morgan fingerprint density at radius 3 is 2.68 bits per heavy atom. The van der Waals surface area contributed by atoms with Gasteiger partial charge in [-0.25, -0.2) is 15.0 Å². The molecule has 3 aromatic heterocycles. The molecule has 0 fully saturated rings. The number of aryl methyl sites for hydroxylation is 1. The monoisotopic (exact) mass is 481 g/mol. The molecule has 3 heterocycles. The zero-order valence-corrected chi connectivity index (χ0v) is 18.8. The van der Waals surface area contributed by atoms with Crippen LogP contribution >= 0.6 is 0 Å². The Balaban J connectivity index is 1.39. The number of nitrogens with one attached hydrogen (secondary N) is 1. The van der Waals surface area contributed by atoms with Crippen LogP contribution in [-0.2, 0) is 11.2 Å². The molecule has 0 spiro atoms. The lowest BCUT2D eigenvalue weighted by Gasteiger charge is -2.12. The average Bonchev–Trinajstić information content (AvgIpc) is 3.24. The molecule has 2 aromatic carbocycles. The quantitative estimate of drug-likeness (QED) is 0.273. The number of ether oxygens (including phenoxy) is 1. The molecular formula is C22H17F2N7O2S. The minimum Gasteiger partial charge on any atom is -0.609 e. The van der Waals surface area contributed by atoms with Gasteiger partial charge in [-0.05, 0) is 42.8 Å². The summed E-state index contributed by atoms with van der Waals surface area (Å²) in [4.78, 5) is 20.8. The van der Waals surface area contributed by atoms with E-state index in [2.05, 4.69) is 30.2 Å². The summed E-state index contributed by atoms with van der Waals surface area (Å²) in [7, 11) is 0. The number of benzene rings is 2. The fourth-order valence-electron chi connectivity index (χ4n) is 3.40. The van der Waals surface area contributed by atoms with Crippen LogP contribution in [-0.4, -0.2) is 40.3 Å². The van der Waals surface area contributed by atoms with E-state index < -0.39 is 17.7 Å². The minimum atomic E-state index is -2.66. The molecule has 12 heteroatoms. The van der Waals surface area contributed by atoms with Gasteiger partial charge < -0.3 is 14.6 Å². The second-order valence-electron chi connectivity index (χ2n) is 7.35. The molecule has 0 aliphatic carbocycles. The molecule has 0 radical (unpaired) electrons. The number of hydrogen-bond donors (Lipinski definition) is 1. The van der Waals surface area contributed by atoms with Crippen LogP contribution in [0.4, 0.5) is 20.3 Å². The minimum absolute atomic E-state index is 0.195.